The van der Waals surface area contributed by atoms with Gasteiger partial charge in [0.25, 0.3) is 0 Å². The molecule has 0 radical (unpaired) electrons. The largest absolute Gasteiger partial charge is 0.248 e. The highest BCUT2D eigenvalue weighted by molar-refractivity contribution is 9.10. The molecule has 0 spiro atoms. The number of aromatic nitrogens is 1. The lowest BCUT2D eigenvalue weighted by Gasteiger charge is -1.99. The standard InChI is InChI=1S/C12H10Br2N/c13-11-6-7-12(14)15(9-11)8-10-4-2-1-3-5-10/h1-7,9H,8H2/q+1. The second-order valence-electron chi connectivity index (χ2n) is 3.28. The van der Waals surface area contributed by atoms with E-state index in [0.717, 1.165) is 15.6 Å². The average Bonchev–Trinajstić information content (AvgIpc) is 2.25. The topological polar surface area (TPSA) is 3.88 Å². The second-order valence-corrected chi connectivity index (χ2v) is 5.01. The van der Waals surface area contributed by atoms with Crippen LogP contribution in [0.3, 0.4) is 0 Å². The Morgan fingerprint density at radius 1 is 0.933 bits per heavy atom. The molecule has 0 aliphatic carbocycles. The first kappa shape index (κ1) is 10.8. The average molecular weight is 328 g/mol. The van der Waals surface area contributed by atoms with Crippen molar-refractivity contribution in [2.24, 2.45) is 0 Å². The molecule has 2 rings (SSSR count). The minimum Gasteiger partial charge on any atom is -0.187 e. The maximum atomic E-state index is 3.53. The van der Waals surface area contributed by atoms with Crippen molar-refractivity contribution in [1.29, 1.82) is 0 Å². The Balaban J connectivity index is 2.28. The van der Waals surface area contributed by atoms with Crippen molar-refractivity contribution in [3.05, 3.63) is 63.3 Å². The van der Waals surface area contributed by atoms with Crippen molar-refractivity contribution in [2.45, 2.75) is 6.54 Å². The zero-order valence-corrected chi connectivity index (χ0v) is 11.2. The molecular weight excluding hydrogens is 318 g/mol. The van der Waals surface area contributed by atoms with Gasteiger partial charge in [-0.3, -0.25) is 0 Å². The Morgan fingerprint density at radius 2 is 1.67 bits per heavy atom. The normalized spacial score (nSPS) is 10.3. The summed E-state index contributed by atoms with van der Waals surface area (Å²) in [4.78, 5) is 0. The van der Waals surface area contributed by atoms with Crippen LogP contribution in [0.1, 0.15) is 5.56 Å². The fraction of sp³-hybridized carbons (Fsp3) is 0.0833. The van der Waals surface area contributed by atoms with Crippen molar-refractivity contribution >= 4 is 31.9 Å². The summed E-state index contributed by atoms with van der Waals surface area (Å²) in [5.41, 5.74) is 1.29. The van der Waals surface area contributed by atoms with Crippen LogP contribution in [-0.2, 0) is 6.54 Å². The summed E-state index contributed by atoms with van der Waals surface area (Å²) >= 11 is 7.00. The molecule has 1 heterocycles. The van der Waals surface area contributed by atoms with Gasteiger partial charge in [-0.2, -0.15) is 4.57 Å². The van der Waals surface area contributed by atoms with Gasteiger partial charge in [0.1, 0.15) is 0 Å². The van der Waals surface area contributed by atoms with Crippen LogP contribution >= 0.6 is 31.9 Å². The first-order valence-electron chi connectivity index (χ1n) is 4.64. The van der Waals surface area contributed by atoms with Gasteiger partial charge in [0, 0.05) is 27.6 Å². The van der Waals surface area contributed by atoms with E-state index in [2.05, 4.69) is 66.9 Å². The predicted molar refractivity (Wildman–Crippen MR) is 67.6 cm³/mol. The van der Waals surface area contributed by atoms with Gasteiger partial charge in [-0.05, 0) is 22.0 Å². The molecule has 0 N–H and O–H groups in total. The fourth-order valence-electron chi connectivity index (χ4n) is 1.40. The third kappa shape index (κ3) is 2.89. The van der Waals surface area contributed by atoms with Gasteiger partial charge in [-0.1, -0.05) is 30.3 Å². The SMILES string of the molecule is Brc1ccc(Br)[n+](Cc2ccccc2)c1. The Labute approximate surface area is 106 Å². The molecule has 0 unspecified atom stereocenters. The minimum absolute atomic E-state index is 0.876. The molecule has 3 heteroatoms. The molecule has 0 saturated carbocycles. The lowest BCUT2D eigenvalue weighted by molar-refractivity contribution is -0.699. The molecule has 15 heavy (non-hydrogen) atoms. The van der Waals surface area contributed by atoms with Gasteiger partial charge < -0.3 is 0 Å². The number of halogens is 2. The Hall–Kier alpha value is -0.670. The van der Waals surface area contributed by atoms with Crippen LogP contribution in [0, 0.1) is 0 Å². The molecule has 2 aromatic rings. The van der Waals surface area contributed by atoms with Crippen LogP contribution in [0.15, 0.2) is 57.7 Å². The Morgan fingerprint density at radius 3 is 2.40 bits per heavy atom. The summed E-state index contributed by atoms with van der Waals surface area (Å²) in [5.74, 6) is 0. The number of benzene rings is 1. The molecule has 76 valence electrons. The maximum absolute atomic E-state index is 3.53. The summed E-state index contributed by atoms with van der Waals surface area (Å²) in [7, 11) is 0. The van der Waals surface area contributed by atoms with Crippen LogP contribution in [-0.4, -0.2) is 0 Å². The molecule has 1 nitrogen and oxygen atoms in total. The fourth-order valence-corrected chi connectivity index (χ4v) is 2.14. The molecule has 0 fully saturated rings. The van der Waals surface area contributed by atoms with Crippen molar-refractivity contribution in [2.75, 3.05) is 0 Å². The summed E-state index contributed by atoms with van der Waals surface area (Å²) in [6.45, 7) is 0.876. The maximum Gasteiger partial charge on any atom is 0.248 e. The molecule has 0 aliphatic rings. The quantitative estimate of drug-likeness (QED) is 0.586. The van der Waals surface area contributed by atoms with Gasteiger partial charge in [-0.25, -0.2) is 0 Å². The van der Waals surface area contributed by atoms with Gasteiger partial charge in [0.05, 0.1) is 4.47 Å². The summed E-state index contributed by atoms with van der Waals surface area (Å²) in [6, 6.07) is 14.5. The highest BCUT2D eigenvalue weighted by atomic mass is 79.9. The third-order valence-electron chi connectivity index (χ3n) is 2.13. The van der Waals surface area contributed by atoms with Crippen LogP contribution in [0.4, 0.5) is 0 Å². The molecule has 1 aromatic carbocycles. The third-order valence-corrected chi connectivity index (χ3v) is 3.32. The highest BCUT2D eigenvalue weighted by Crippen LogP contribution is 2.11. The van der Waals surface area contributed by atoms with E-state index in [1.807, 2.05) is 18.2 Å². The van der Waals surface area contributed by atoms with E-state index in [-0.39, 0.29) is 0 Å². The lowest BCUT2D eigenvalue weighted by Crippen LogP contribution is -2.35. The van der Waals surface area contributed by atoms with Gasteiger partial charge in [0.2, 0.25) is 4.60 Å². The number of pyridine rings is 1. The molecular formula is C12H10Br2N+. The molecule has 0 aliphatic heterocycles. The Bertz CT molecular complexity index is 454. The second kappa shape index (κ2) is 4.90. The molecule has 0 bridgehead atoms. The van der Waals surface area contributed by atoms with E-state index < -0.39 is 0 Å². The van der Waals surface area contributed by atoms with Crippen molar-refractivity contribution in [1.82, 2.24) is 0 Å². The molecule has 0 atom stereocenters. The summed E-state index contributed by atoms with van der Waals surface area (Å²) < 4.78 is 4.32. The first-order chi connectivity index (χ1) is 7.25. The zero-order valence-electron chi connectivity index (χ0n) is 8.03. The van der Waals surface area contributed by atoms with E-state index >= 15 is 0 Å². The smallest absolute Gasteiger partial charge is 0.187 e. The minimum atomic E-state index is 0.876. The number of nitrogens with zero attached hydrogens (tertiary/aromatic N) is 1. The van der Waals surface area contributed by atoms with Crippen molar-refractivity contribution < 1.29 is 4.57 Å². The summed E-state index contributed by atoms with van der Waals surface area (Å²) in [5, 5.41) is 0. The van der Waals surface area contributed by atoms with Gasteiger partial charge in [0.15, 0.2) is 12.7 Å². The lowest BCUT2D eigenvalue weighted by atomic mass is 10.2. The Kier molecular flexibility index (Phi) is 3.54. The molecule has 1 aromatic heterocycles. The van der Waals surface area contributed by atoms with Crippen LogP contribution in [0.25, 0.3) is 0 Å². The van der Waals surface area contributed by atoms with Crippen molar-refractivity contribution in [3.63, 3.8) is 0 Å². The van der Waals surface area contributed by atoms with Crippen LogP contribution < -0.4 is 4.57 Å². The number of rotatable bonds is 2. The number of hydrogen-bond acceptors (Lipinski definition) is 0. The zero-order chi connectivity index (χ0) is 10.7. The number of hydrogen-bond donors (Lipinski definition) is 0. The van der Waals surface area contributed by atoms with Gasteiger partial charge in [-0.15, -0.1) is 0 Å². The van der Waals surface area contributed by atoms with E-state index in [0.29, 0.717) is 0 Å². The monoisotopic (exact) mass is 326 g/mol. The van der Waals surface area contributed by atoms with Crippen molar-refractivity contribution in [3.8, 4) is 0 Å². The molecule has 0 amide bonds. The first-order valence-corrected chi connectivity index (χ1v) is 6.23. The van der Waals surface area contributed by atoms with E-state index in [1.54, 1.807) is 0 Å². The highest BCUT2D eigenvalue weighted by Gasteiger charge is 2.08. The van der Waals surface area contributed by atoms with Crippen LogP contribution in [0.2, 0.25) is 0 Å². The van der Waals surface area contributed by atoms with Gasteiger partial charge >= 0.3 is 0 Å². The predicted octanol–water partition coefficient (Wildman–Crippen LogP) is 3.55. The van der Waals surface area contributed by atoms with E-state index in [9.17, 15) is 0 Å². The van der Waals surface area contributed by atoms with E-state index in [1.165, 1.54) is 5.56 Å². The van der Waals surface area contributed by atoms with E-state index in [4.69, 9.17) is 0 Å². The molecule has 0 saturated heterocycles. The van der Waals surface area contributed by atoms with Crippen LogP contribution in [0.5, 0.6) is 0 Å². The summed E-state index contributed by atoms with van der Waals surface area (Å²) in [6.07, 6.45) is 2.07.